The molecule has 0 aliphatic heterocycles. The van der Waals surface area contributed by atoms with Gasteiger partial charge in [0, 0.05) is 17.9 Å². The summed E-state index contributed by atoms with van der Waals surface area (Å²) < 4.78 is 5.47. The first-order chi connectivity index (χ1) is 8.81. The second kappa shape index (κ2) is 3.87. The Bertz CT molecular complexity index is 469. The van der Waals surface area contributed by atoms with Gasteiger partial charge in [0.2, 0.25) is 5.91 Å². The normalized spacial score (nSPS) is 36.9. The van der Waals surface area contributed by atoms with Crippen LogP contribution in [0.25, 0.3) is 0 Å². The van der Waals surface area contributed by atoms with Crippen molar-refractivity contribution in [3.05, 3.63) is 23.7 Å². The molecule has 3 atom stereocenters. The highest BCUT2D eigenvalue weighted by atomic mass is 16.3. The summed E-state index contributed by atoms with van der Waals surface area (Å²) >= 11 is 0. The molecule has 0 spiro atoms. The van der Waals surface area contributed by atoms with E-state index in [0.717, 1.165) is 49.7 Å². The number of rotatable bonds is 2. The Balaban J connectivity index is 1.44. The maximum atomic E-state index is 12.3. The van der Waals surface area contributed by atoms with Crippen LogP contribution in [-0.2, 0) is 11.2 Å². The van der Waals surface area contributed by atoms with Gasteiger partial charge in [-0.15, -0.1) is 0 Å². The van der Waals surface area contributed by atoms with Crippen molar-refractivity contribution in [3.63, 3.8) is 0 Å². The molecule has 0 saturated heterocycles. The second-order valence-electron chi connectivity index (χ2n) is 6.18. The first-order valence-corrected chi connectivity index (χ1v) is 7.18. The number of hydrogen-bond acceptors (Lipinski definition) is 2. The van der Waals surface area contributed by atoms with Gasteiger partial charge in [0.15, 0.2) is 0 Å². The van der Waals surface area contributed by atoms with Crippen LogP contribution in [0.2, 0.25) is 0 Å². The van der Waals surface area contributed by atoms with Gasteiger partial charge >= 0.3 is 0 Å². The highest BCUT2D eigenvalue weighted by Crippen LogP contribution is 2.54. The zero-order valence-electron chi connectivity index (χ0n) is 10.5. The molecular weight excluding hydrogens is 226 g/mol. The van der Waals surface area contributed by atoms with E-state index >= 15 is 0 Å². The summed E-state index contributed by atoms with van der Waals surface area (Å²) in [4.78, 5) is 12.3. The van der Waals surface area contributed by atoms with Crippen LogP contribution in [0.3, 0.4) is 0 Å². The Morgan fingerprint density at radius 2 is 2.11 bits per heavy atom. The number of furan rings is 1. The zero-order chi connectivity index (χ0) is 12.1. The lowest BCUT2D eigenvalue weighted by molar-refractivity contribution is -0.126. The fraction of sp³-hybridized carbons (Fsp3) is 0.667. The fourth-order valence-electron chi connectivity index (χ4n) is 3.85. The molecule has 18 heavy (non-hydrogen) atoms. The fourth-order valence-corrected chi connectivity index (χ4v) is 3.85. The average Bonchev–Trinajstić information content (AvgIpc) is 2.82. The van der Waals surface area contributed by atoms with E-state index in [4.69, 9.17) is 4.42 Å². The minimum Gasteiger partial charge on any atom is -0.469 e. The van der Waals surface area contributed by atoms with E-state index in [2.05, 4.69) is 5.32 Å². The number of carbonyl (C=O) groups excluding carboxylic acids is 1. The minimum atomic E-state index is 0.192. The largest absolute Gasteiger partial charge is 0.469 e. The number of carbonyl (C=O) groups is 1. The summed E-state index contributed by atoms with van der Waals surface area (Å²) in [5.74, 6) is 3.38. The molecule has 1 aromatic rings. The van der Waals surface area contributed by atoms with Crippen LogP contribution in [0.1, 0.15) is 49.5 Å². The average molecular weight is 245 g/mol. The molecule has 0 radical (unpaired) electrons. The number of hydrogen-bond donors (Lipinski definition) is 1. The van der Waals surface area contributed by atoms with Crippen molar-refractivity contribution in [1.29, 1.82) is 0 Å². The van der Waals surface area contributed by atoms with Gasteiger partial charge in [-0.25, -0.2) is 0 Å². The Morgan fingerprint density at radius 1 is 1.28 bits per heavy atom. The zero-order valence-corrected chi connectivity index (χ0v) is 10.5. The molecule has 3 aliphatic rings. The van der Waals surface area contributed by atoms with E-state index in [1.54, 1.807) is 6.26 Å². The first kappa shape index (κ1) is 10.7. The van der Waals surface area contributed by atoms with E-state index in [1.807, 2.05) is 6.07 Å². The van der Waals surface area contributed by atoms with E-state index in [0.29, 0.717) is 0 Å². The highest BCUT2D eigenvalue weighted by Gasteiger charge is 2.48. The smallest absolute Gasteiger partial charge is 0.223 e. The van der Waals surface area contributed by atoms with Crippen LogP contribution >= 0.6 is 0 Å². The molecule has 96 valence electrons. The van der Waals surface area contributed by atoms with Crippen molar-refractivity contribution in [2.45, 2.75) is 44.6 Å². The number of aryl methyl sites for hydroxylation is 1. The van der Waals surface area contributed by atoms with E-state index < -0.39 is 0 Å². The van der Waals surface area contributed by atoms with Gasteiger partial charge in [0.1, 0.15) is 5.76 Å². The van der Waals surface area contributed by atoms with Crippen molar-refractivity contribution in [3.8, 4) is 0 Å². The van der Waals surface area contributed by atoms with E-state index in [1.165, 1.54) is 12.0 Å². The lowest BCUT2D eigenvalue weighted by atomic mass is 9.92. The van der Waals surface area contributed by atoms with Crippen LogP contribution in [0.4, 0.5) is 0 Å². The molecule has 1 amide bonds. The molecule has 0 bridgehead atoms. The van der Waals surface area contributed by atoms with Gasteiger partial charge in [-0.05, 0) is 50.0 Å². The Labute approximate surface area is 107 Å². The summed E-state index contributed by atoms with van der Waals surface area (Å²) in [5.41, 5.74) is 1.21. The van der Waals surface area contributed by atoms with Crippen molar-refractivity contribution in [2.75, 3.05) is 0 Å². The highest BCUT2D eigenvalue weighted by molar-refractivity contribution is 5.79. The standard InChI is InChI=1S/C15H19NO2/c17-15(11-7-9-6-10(9)8-11)16-13-2-1-3-14-12(13)4-5-18-14/h4-5,9-11,13H,1-3,6-8H2,(H,16,17). The molecule has 3 nitrogen and oxygen atoms in total. The molecule has 3 aliphatic carbocycles. The third-order valence-corrected chi connectivity index (χ3v) is 4.98. The van der Waals surface area contributed by atoms with Gasteiger partial charge in [-0.2, -0.15) is 0 Å². The van der Waals surface area contributed by atoms with Crippen molar-refractivity contribution in [2.24, 2.45) is 17.8 Å². The molecule has 3 heteroatoms. The number of fused-ring (bicyclic) bond motifs is 2. The lowest BCUT2D eigenvalue weighted by Crippen LogP contribution is -2.34. The van der Waals surface area contributed by atoms with Gasteiger partial charge < -0.3 is 9.73 Å². The monoisotopic (exact) mass is 245 g/mol. The topological polar surface area (TPSA) is 42.2 Å². The van der Waals surface area contributed by atoms with Crippen molar-refractivity contribution >= 4 is 5.91 Å². The van der Waals surface area contributed by atoms with Gasteiger partial charge in [-0.1, -0.05) is 0 Å². The molecule has 0 aromatic carbocycles. The summed E-state index contributed by atoms with van der Waals surface area (Å²) in [5, 5.41) is 3.25. The lowest BCUT2D eigenvalue weighted by Gasteiger charge is -2.24. The molecule has 1 heterocycles. The predicted octanol–water partition coefficient (Wildman–Crippen LogP) is 2.82. The third-order valence-electron chi connectivity index (χ3n) is 4.98. The molecule has 2 saturated carbocycles. The van der Waals surface area contributed by atoms with Crippen LogP contribution in [-0.4, -0.2) is 5.91 Å². The molecule has 1 N–H and O–H groups in total. The molecule has 2 fully saturated rings. The second-order valence-corrected chi connectivity index (χ2v) is 6.18. The molecular formula is C15H19NO2. The van der Waals surface area contributed by atoms with E-state index in [9.17, 15) is 4.79 Å². The molecule has 3 unspecified atom stereocenters. The van der Waals surface area contributed by atoms with Crippen LogP contribution in [0, 0.1) is 17.8 Å². The quantitative estimate of drug-likeness (QED) is 0.870. The van der Waals surface area contributed by atoms with Crippen molar-refractivity contribution < 1.29 is 9.21 Å². The Hall–Kier alpha value is -1.25. The molecule has 1 aromatic heterocycles. The summed E-state index contributed by atoms with van der Waals surface area (Å²) in [6.45, 7) is 0. The van der Waals surface area contributed by atoms with Crippen LogP contribution < -0.4 is 5.32 Å². The Kier molecular flexibility index (Phi) is 2.29. The van der Waals surface area contributed by atoms with Gasteiger partial charge in [-0.3, -0.25) is 4.79 Å². The summed E-state index contributed by atoms with van der Waals surface area (Å²) in [7, 11) is 0. The predicted molar refractivity (Wildman–Crippen MR) is 66.9 cm³/mol. The minimum absolute atomic E-state index is 0.192. The molecule has 4 rings (SSSR count). The number of nitrogens with one attached hydrogen (secondary N) is 1. The first-order valence-electron chi connectivity index (χ1n) is 7.18. The SMILES string of the molecule is O=C(NC1CCCc2occc21)C1CC2CC2C1. The van der Waals surface area contributed by atoms with E-state index in [-0.39, 0.29) is 17.9 Å². The van der Waals surface area contributed by atoms with Crippen LogP contribution in [0.15, 0.2) is 16.7 Å². The number of amides is 1. The maximum Gasteiger partial charge on any atom is 0.223 e. The summed E-state index contributed by atoms with van der Waals surface area (Å²) in [6.07, 6.45) is 8.56. The van der Waals surface area contributed by atoms with Crippen molar-refractivity contribution in [1.82, 2.24) is 5.32 Å². The van der Waals surface area contributed by atoms with Gasteiger partial charge in [0.05, 0.1) is 12.3 Å². The van der Waals surface area contributed by atoms with Crippen LogP contribution in [0.5, 0.6) is 0 Å². The van der Waals surface area contributed by atoms with Gasteiger partial charge in [0.25, 0.3) is 0 Å². The Morgan fingerprint density at radius 3 is 2.94 bits per heavy atom. The third kappa shape index (κ3) is 1.68. The summed E-state index contributed by atoms with van der Waals surface area (Å²) in [6, 6.07) is 2.21. The maximum absolute atomic E-state index is 12.3.